The summed E-state index contributed by atoms with van der Waals surface area (Å²) in [7, 11) is 0. The number of unbranched alkanes of at least 4 members (excludes halogenated alkanes) is 7. The number of carbonyl (C=O) groups excluding carboxylic acids is 5. The van der Waals surface area contributed by atoms with E-state index in [1.807, 2.05) is 20.8 Å². The largest absolute Gasteiger partial charge is 0.394 e. The van der Waals surface area contributed by atoms with E-state index in [-0.39, 0.29) is 226 Å². The number of Topliss-reactive ketones (excluding diaryl/α,β-unsaturated/α-hetero) is 1. The Bertz CT molecular complexity index is 2220. The average Bonchev–Trinajstić information content (AvgIpc) is 1.14. The van der Waals surface area contributed by atoms with Crippen LogP contribution in [0.4, 0.5) is 0 Å². The number of ketones is 1. The summed E-state index contributed by atoms with van der Waals surface area (Å²) in [6.45, 7) is 6.08. The Morgan fingerprint density at radius 1 is 0.404 bits per heavy atom. The van der Waals surface area contributed by atoms with Crippen molar-refractivity contribution in [2.45, 2.75) is 227 Å². The first-order chi connectivity index (χ1) is 52.3. The summed E-state index contributed by atoms with van der Waals surface area (Å²) >= 11 is 0. The van der Waals surface area contributed by atoms with Crippen LogP contribution in [0.2, 0.25) is 0 Å². The molecule has 638 valence electrons. The molecule has 4 rings (SSSR count). The SMILES string of the molecule is CC(C)(C)OC[C@@H]1C[C@@H](O)CN1C(=O)CCCCCCCCCCC(=O)CC(CCOCC(=O)NCCOCCOCCO[C@H]1OC(CO)[C@@H](O)C(O)[C@H]1O)(COCCC(=O)NCCOCCOCCO[C@H]1OC(CO)[C@@H](O)[C@H](O)C1O)COCCC(=O)NCCOCCOCCO[C@H]1OC(CO)[C@@H](O)[C@H](O)C1O. The van der Waals surface area contributed by atoms with Crippen molar-refractivity contribution in [2.75, 3.05) is 191 Å². The third kappa shape index (κ3) is 40.0. The van der Waals surface area contributed by atoms with Crippen LogP contribution in [-0.4, -0.2) is 402 Å². The van der Waals surface area contributed by atoms with E-state index in [1.54, 1.807) is 4.90 Å². The van der Waals surface area contributed by atoms with Crippen LogP contribution in [0.3, 0.4) is 0 Å². The second-order valence-corrected chi connectivity index (χ2v) is 28.4. The minimum absolute atomic E-state index is 0.0211. The highest BCUT2D eigenvalue weighted by molar-refractivity contribution is 5.79. The summed E-state index contributed by atoms with van der Waals surface area (Å²) in [6, 6.07) is -0.146. The first kappa shape index (κ1) is 97.8. The van der Waals surface area contributed by atoms with Crippen LogP contribution in [0.25, 0.3) is 0 Å². The van der Waals surface area contributed by atoms with E-state index in [0.29, 0.717) is 32.4 Å². The quantitative estimate of drug-likeness (QED) is 0.0253. The van der Waals surface area contributed by atoms with Crippen LogP contribution in [-0.2, 0) is 99.8 Å². The molecule has 38 heteroatoms. The monoisotopic (exact) mass is 1580 g/mol. The molecule has 6 unspecified atom stereocenters. The van der Waals surface area contributed by atoms with Crippen molar-refractivity contribution in [1.29, 1.82) is 0 Å². The lowest BCUT2D eigenvalue weighted by atomic mass is 9.80. The average molecular weight is 1580 g/mol. The molecular weight excluding hydrogens is 1450 g/mol. The predicted octanol–water partition coefficient (Wildman–Crippen LogP) is -5.27. The first-order valence-electron chi connectivity index (χ1n) is 38.2. The van der Waals surface area contributed by atoms with E-state index >= 15 is 0 Å². The second kappa shape index (κ2) is 56.6. The van der Waals surface area contributed by atoms with Crippen molar-refractivity contribution < 1.29 is 166 Å². The molecule has 0 radical (unpaired) electrons. The fraction of sp³-hybridized carbons (Fsp3) is 0.930. The lowest BCUT2D eigenvalue weighted by molar-refractivity contribution is -0.302. The summed E-state index contributed by atoms with van der Waals surface area (Å²) in [4.78, 5) is 67.9. The van der Waals surface area contributed by atoms with Gasteiger partial charge in [-0.15, -0.1) is 0 Å². The molecule has 4 aliphatic heterocycles. The summed E-state index contributed by atoms with van der Waals surface area (Å²) < 4.78 is 89.4. The van der Waals surface area contributed by atoms with Gasteiger partial charge in [-0.3, -0.25) is 24.0 Å². The van der Waals surface area contributed by atoms with Crippen LogP contribution in [0.5, 0.6) is 0 Å². The van der Waals surface area contributed by atoms with Gasteiger partial charge in [0.25, 0.3) is 0 Å². The highest BCUT2D eigenvalue weighted by Gasteiger charge is 2.47. The Balaban J connectivity index is 1.26. The first-order valence-corrected chi connectivity index (χ1v) is 38.2. The lowest BCUT2D eigenvalue weighted by Crippen LogP contribution is -2.59. The predicted molar refractivity (Wildman–Crippen MR) is 379 cm³/mol. The molecule has 4 aliphatic rings. The van der Waals surface area contributed by atoms with Gasteiger partial charge in [0.05, 0.1) is 170 Å². The Morgan fingerprint density at radius 3 is 1.17 bits per heavy atom. The zero-order valence-electron chi connectivity index (χ0n) is 63.8. The van der Waals surface area contributed by atoms with E-state index in [2.05, 4.69) is 16.0 Å². The summed E-state index contributed by atoms with van der Waals surface area (Å²) in [5.74, 6) is -1.19. The molecule has 0 saturated carbocycles. The van der Waals surface area contributed by atoms with Crippen LogP contribution >= 0.6 is 0 Å². The third-order valence-corrected chi connectivity index (χ3v) is 18.3. The lowest BCUT2D eigenvalue weighted by Gasteiger charge is -2.39. The smallest absolute Gasteiger partial charge is 0.246 e. The number of ether oxygens (including phenoxy) is 16. The molecule has 16 N–H and O–H groups in total. The molecule has 4 amide bonds. The highest BCUT2D eigenvalue weighted by Crippen LogP contribution is 2.31. The Hall–Kier alpha value is -3.61. The number of carbonyl (C=O) groups is 5. The van der Waals surface area contributed by atoms with Crippen LogP contribution in [0.1, 0.15) is 117 Å². The number of nitrogens with one attached hydrogen (secondary N) is 3. The zero-order valence-corrected chi connectivity index (χ0v) is 63.8. The van der Waals surface area contributed by atoms with Crippen LogP contribution < -0.4 is 16.0 Å². The molecule has 109 heavy (non-hydrogen) atoms. The van der Waals surface area contributed by atoms with Crippen molar-refractivity contribution >= 4 is 29.4 Å². The second-order valence-electron chi connectivity index (χ2n) is 28.4. The normalized spacial score (nSPS) is 27.2. The standard InChI is InChI=1S/C71H130N4O34/c1-70(2,3)106-44-48-38-50(80)40-75(48)57(84)13-11-9-7-5-4-6-8-10-12-49(79)39-71(16-22-100-45-56(83)74-19-25-96-28-31-99-34-37-105-69-66(93)63(90)60(87)53(43-78)109-69,46-101-20-14-54(81)72-17-23-94-26-29-97-32-35-103-67-64(91)61(88)58(85)51(41-76)107-67)47-102-21-15-55(82)73-18-24-95-27-30-98-33-36-104-68-65(92)62(89)59(86)52(42-77)108-68/h48,50-53,58-69,76-78,80,85-93H,4-47H2,1-3H3,(H,72,81)(H,73,82)(H,74,83)/t48-,50+,51?,52?,53?,58+,59+,60+,61-,62-,63?,64?,65?,66+,67-,68-,69-,71?/m0/s1. The minimum atomic E-state index is -1.58. The number of hydrogen-bond acceptors (Lipinski definition) is 34. The van der Waals surface area contributed by atoms with E-state index in [9.17, 15) is 90.4 Å². The number of nitrogens with zero attached hydrogens (tertiary/aromatic N) is 1. The molecule has 0 aromatic heterocycles. The van der Waals surface area contributed by atoms with Crippen molar-refractivity contribution in [3.63, 3.8) is 0 Å². The van der Waals surface area contributed by atoms with Gasteiger partial charge in [0.1, 0.15) is 85.6 Å². The van der Waals surface area contributed by atoms with Crippen molar-refractivity contribution in [1.82, 2.24) is 20.9 Å². The van der Waals surface area contributed by atoms with Crippen LogP contribution in [0.15, 0.2) is 0 Å². The van der Waals surface area contributed by atoms with Gasteiger partial charge in [-0.2, -0.15) is 0 Å². The summed E-state index contributed by atoms with van der Waals surface area (Å²) in [5, 5.41) is 137. The van der Waals surface area contributed by atoms with Crippen LogP contribution in [0, 0.1) is 5.41 Å². The third-order valence-electron chi connectivity index (χ3n) is 18.3. The zero-order chi connectivity index (χ0) is 79.8. The van der Waals surface area contributed by atoms with Crippen molar-refractivity contribution in [3.05, 3.63) is 0 Å². The Morgan fingerprint density at radius 2 is 0.771 bits per heavy atom. The van der Waals surface area contributed by atoms with E-state index in [4.69, 9.17) is 75.8 Å². The van der Waals surface area contributed by atoms with Crippen molar-refractivity contribution in [2.24, 2.45) is 5.41 Å². The number of β-amino-alcohol motifs (C(OH)–C–C–N with tert-alkyl or cyclic N) is 1. The molecule has 4 fully saturated rings. The molecule has 0 aromatic rings. The van der Waals surface area contributed by atoms with E-state index < -0.39 is 129 Å². The minimum Gasteiger partial charge on any atom is -0.394 e. The van der Waals surface area contributed by atoms with Gasteiger partial charge in [0.15, 0.2) is 18.9 Å². The maximum absolute atomic E-state index is 14.1. The Labute approximate surface area is 638 Å². The fourth-order valence-corrected chi connectivity index (χ4v) is 12.0. The maximum atomic E-state index is 14.1. The van der Waals surface area contributed by atoms with Gasteiger partial charge >= 0.3 is 0 Å². The van der Waals surface area contributed by atoms with Gasteiger partial charge < -0.3 is 163 Å². The molecule has 0 spiro atoms. The van der Waals surface area contributed by atoms with Crippen molar-refractivity contribution in [3.8, 4) is 0 Å². The number of hydrogen-bond donors (Lipinski definition) is 16. The number of aliphatic hydroxyl groups is 13. The molecule has 0 bridgehead atoms. The summed E-state index contributed by atoms with van der Waals surface area (Å²) in [5.41, 5.74) is -1.41. The molecular formula is C71H130N4O34. The topological polar surface area (TPSA) is 535 Å². The molecule has 0 aliphatic carbocycles. The molecule has 17 atom stereocenters. The summed E-state index contributed by atoms with van der Waals surface area (Å²) in [6.07, 6.45) is -13.7. The molecule has 0 aromatic carbocycles. The number of aliphatic hydroxyl groups excluding tert-OH is 13. The van der Waals surface area contributed by atoms with Gasteiger partial charge in [-0.05, 0) is 46.5 Å². The molecule has 38 nitrogen and oxygen atoms in total. The fourth-order valence-electron chi connectivity index (χ4n) is 12.0. The number of likely N-dealkylation sites (tertiary alicyclic amines) is 1. The van der Waals surface area contributed by atoms with E-state index in [0.717, 1.165) is 44.9 Å². The molecule has 4 saturated heterocycles. The highest BCUT2D eigenvalue weighted by atomic mass is 16.7. The number of rotatable bonds is 63. The van der Waals surface area contributed by atoms with Gasteiger partial charge in [0.2, 0.25) is 23.6 Å². The maximum Gasteiger partial charge on any atom is 0.246 e. The van der Waals surface area contributed by atoms with Gasteiger partial charge in [0, 0.05) is 70.3 Å². The Kier molecular flexibility index (Phi) is 50.8. The van der Waals surface area contributed by atoms with E-state index in [1.165, 1.54) is 0 Å². The van der Waals surface area contributed by atoms with Gasteiger partial charge in [-0.25, -0.2) is 0 Å². The van der Waals surface area contributed by atoms with Gasteiger partial charge in [-0.1, -0.05) is 38.5 Å². The molecule has 4 heterocycles. The number of amides is 4.